The monoisotopic (exact) mass is 426 g/mol. The quantitative estimate of drug-likeness (QED) is 0.697. The molecule has 2 heterocycles. The van der Waals surface area contributed by atoms with Crippen LogP contribution >= 0.6 is 15.9 Å². The minimum atomic E-state index is -1.20. The Hall–Kier alpha value is -2.22. The van der Waals surface area contributed by atoms with Crippen molar-refractivity contribution < 1.29 is 22.8 Å². The summed E-state index contributed by atoms with van der Waals surface area (Å²) in [5, 5.41) is 0. The van der Waals surface area contributed by atoms with E-state index in [2.05, 4.69) is 20.9 Å². The summed E-state index contributed by atoms with van der Waals surface area (Å²) >= 11 is 3.25. The van der Waals surface area contributed by atoms with Crippen molar-refractivity contribution in [1.82, 2.24) is 9.88 Å². The Labute approximate surface area is 156 Å². The maximum absolute atomic E-state index is 13.8. The number of nitrogens with zero attached hydrogens (tertiary/aromatic N) is 2. The van der Waals surface area contributed by atoms with E-state index in [1.165, 1.54) is 6.20 Å². The molecule has 0 saturated carbocycles. The highest BCUT2D eigenvalue weighted by molar-refractivity contribution is 9.10. The largest absolute Gasteiger partial charge is 0.339 e. The SMILES string of the molecule is O=C(c1c(F)cc(F)cc1F)C1CCN(C(=O)c2cncc(Br)c2)CC1. The second-order valence-electron chi connectivity index (χ2n) is 6.07. The second-order valence-corrected chi connectivity index (χ2v) is 6.98. The average molecular weight is 427 g/mol. The standard InChI is InChI=1S/C18H14BrF3N2O2/c19-12-5-11(8-23-9-12)18(26)24-3-1-10(2-4-24)17(25)16-14(21)6-13(20)7-15(16)22/h5-10H,1-4H2. The molecule has 8 heteroatoms. The van der Waals surface area contributed by atoms with Crippen LogP contribution < -0.4 is 0 Å². The van der Waals surface area contributed by atoms with Gasteiger partial charge in [0.2, 0.25) is 0 Å². The van der Waals surface area contributed by atoms with Gasteiger partial charge in [0.25, 0.3) is 5.91 Å². The Bertz CT molecular complexity index is 844. The van der Waals surface area contributed by atoms with Crippen LogP contribution in [0.3, 0.4) is 0 Å². The third-order valence-electron chi connectivity index (χ3n) is 4.36. The van der Waals surface area contributed by atoms with Crippen molar-refractivity contribution in [2.24, 2.45) is 5.92 Å². The summed E-state index contributed by atoms with van der Waals surface area (Å²) in [5.41, 5.74) is -0.299. The third-order valence-corrected chi connectivity index (χ3v) is 4.79. The molecular formula is C18H14BrF3N2O2. The summed E-state index contributed by atoms with van der Waals surface area (Å²) in [6.07, 6.45) is 3.57. The smallest absolute Gasteiger partial charge is 0.255 e. The van der Waals surface area contributed by atoms with Gasteiger partial charge in [0.15, 0.2) is 5.78 Å². The van der Waals surface area contributed by atoms with Gasteiger partial charge in [-0.25, -0.2) is 13.2 Å². The Kier molecular flexibility index (Phi) is 5.41. The van der Waals surface area contributed by atoms with E-state index in [9.17, 15) is 22.8 Å². The molecule has 136 valence electrons. The maximum Gasteiger partial charge on any atom is 0.255 e. The van der Waals surface area contributed by atoms with Gasteiger partial charge in [-0.2, -0.15) is 0 Å². The molecule has 0 atom stereocenters. The summed E-state index contributed by atoms with van der Waals surface area (Å²) in [6.45, 7) is 0.568. The fourth-order valence-corrected chi connectivity index (χ4v) is 3.40. The van der Waals surface area contributed by atoms with Crippen LogP contribution in [0.5, 0.6) is 0 Å². The number of piperidine rings is 1. The van der Waals surface area contributed by atoms with Crippen molar-refractivity contribution in [3.05, 3.63) is 63.6 Å². The van der Waals surface area contributed by atoms with E-state index in [1.54, 1.807) is 17.2 Å². The number of carbonyl (C=O) groups excluding carboxylic acids is 2. The number of carbonyl (C=O) groups is 2. The fraction of sp³-hybridized carbons (Fsp3) is 0.278. The zero-order valence-electron chi connectivity index (χ0n) is 13.5. The van der Waals surface area contributed by atoms with E-state index in [1.807, 2.05) is 0 Å². The minimum Gasteiger partial charge on any atom is -0.339 e. The molecule has 0 N–H and O–H groups in total. The topological polar surface area (TPSA) is 50.3 Å². The second kappa shape index (κ2) is 7.57. The van der Waals surface area contributed by atoms with E-state index in [4.69, 9.17) is 0 Å². The molecule has 1 saturated heterocycles. The number of amides is 1. The summed E-state index contributed by atoms with van der Waals surface area (Å²) < 4.78 is 41.3. The summed E-state index contributed by atoms with van der Waals surface area (Å²) in [4.78, 5) is 30.4. The first-order chi connectivity index (χ1) is 12.4. The number of benzene rings is 1. The molecule has 0 spiro atoms. The number of halogens is 4. The first-order valence-electron chi connectivity index (χ1n) is 7.95. The molecule has 1 aromatic heterocycles. The summed E-state index contributed by atoms with van der Waals surface area (Å²) in [6, 6.07) is 2.64. The van der Waals surface area contributed by atoms with E-state index >= 15 is 0 Å². The maximum atomic E-state index is 13.8. The highest BCUT2D eigenvalue weighted by atomic mass is 79.9. The Balaban J connectivity index is 1.69. The molecule has 1 aliphatic heterocycles. The molecule has 0 unspecified atom stereocenters. The fourth-order valence-electron chi connectivity index (χ4n) is 3.04. The van der Waals surface area contributed by atoms with Gasteiger partial charge in [-0.05, 0) is 34.8 Å². The van der Waals surface area contributed by atoms with Crippen molar-refractivity contribution in [2.45, 2.75) is 12.8 Å². The molecule has 1 aliphatic rings. The molecule has 2 aromatic rings. The summed E-state index contributed by atoms with van der Waals surface area (Å²) in [5.74, 6) is -5.01. The van der Waals surface area contributed by atoms with Gasteiger partial charge in [-0.3, -0.25) is 14.6 Å². The van der Waals surface area contributed by atoms with Crippen LogP contribution in [-0.4, -0.2) is 34.7 Å². The van der Waals surface area contributed by atoms with Gasteiger partial charge >= 0.3 is 0 Å². The van der Waals surface area contributed by atoms with Gasteiger partial charge in [-0.1, -0.05) is 0 Å². The average Bonchev–Trinajstić information content (AvgIpc) is 2.60. The zero-order valence-corrected chi connectivity index (χ0v) is 15.1. The lowest BCUT2D eigenvalue weighted by molar-refractivity contribution is 0.0647. The number of likely N-dealkylation sites (tertiary alicyclic amines) is 1. The van der Waals surface area contributed by atoms with Crippen LogP contribution in [-0.2, 0) is 0 Å². The van der Waals surface area contributed by atoms with Crippen LogP contribution in [0, 0.1) is 23.4 Å². The molecule has 0 aliphatic carbocycles. The van der Waals surface area contributed by atoms with E-state index < -0.39 is 34.7 Å². The highest BCUT2D eigenvalue weighted by Gasteiger charge is 2.31. The van der Waals surface area contributed by atoms with Crippen molar-refractivity contribution >= 4 is 27.6 Å². The van der Waals surface area contributed by atoms with Crippen LogP contribution in [0.15, 0.2) is 35.1 Å². The van der Waals surface area contributed by atoms with E-state index in [0.717, 1.165) is 0 Å². The molecule has 3 rings (SSSR count). The number of rotatable bonds is 3. The molecule has 0 radical (unpaired) electrons. The van der Waals surface area contributed by atoms with Crippen LogP contribution in [0.4, 0.5) is 13.2 Å². The lowest BCUT2D eigenvalue weighted by Crippen LogP contribution is -2.40. The van der Waals surface area contributed by atoms with Crippen LogP contribution in [0.2, 0.25) is 0 Å². The van der Waals surface area contributed by atoms with E-state index in [-0.39, 0.29) is 31.8 Å². The minimum absolute atomic E-state index is 0.219. The normalized spacial score (nSPS) is 15.2. The first-order valence-corrected chi connectivity index (χ1v) is 8.74. The lowest BCUT2D eigenvalue weighted by Gasteiger charge is -2.31. The summed E-state index contributed by atoms with van der Waals surface area (Å²) in [7, 11) is 0. The number of pyridine rings is 1. The van der Waals surface area contributed by atoms with Gasteiger partial charge < -0.3 is 4.90 Å². The molecule has 1 aromatic carbocycles. The Morgan fingerprint density at radius 1 is 1.04 bits per heavy atom. The number of hydrogen-bond acceptors (Lipinski definition) is 3. The number of ketones is 1. The molecule has 0 bridgehead atoms. The Morgan fingerprint density at radius 3 is 2.23 bits per heavy atom. The predicted octanol–water partition coefficient (Wildman–Crippen LogP) is 4.00. The molecule has 26 heavy (non-hydrogen) atoms. The van der Waals surface area contributed by atoms with Crippen molar-refractivity contribution in [3.8, 4) is 0 Å². The highest BCUT2D eigenvalue weighted by Crippen LogP contribution is 2.26. The number of hydrogen-bond donors (Lipinski definition) is 0. The van der Waals surface area contributed by atoms with Gasteiger partial charge in [0.1, 0.15) is 17.5 Å². The third kappa shape index (κ3) is 3.80. The van der Waals surface area contributed by atoms with Gasteiger partial charge in [0.05, 0.1) is 11.1 Å². The lowest BCUT2D eigenvalue weighted by atomic mass is 9.88. The molecule has 1 fully saturated rings. The molecule has 4 nitrogen and oxygen atoms in total. The van der Waals surface area contributed by atoms with Crippen LogP contribution in [0.25, 0.3) is 0 Å². The van der Waals surface area contributed by atoms with Crippen molar-refractivity contribution in [1.29, 1.82) is 0 Å². The zero-order chi connectivity index (χ0) is 18.8. The predicted molar refractivity (Wildman–Crippen MR) is 91.2 cm³/mol. The molecular weight excluding hydrogens is 413 g/mol. The van der Waals surface area contributed by atoms with Gasteiger partial charge in [0, 0.05) is 48.0 Å². The number of aromatic nitrogens is 1. The van der Waals surface area contributed by atoms with E-state index in [0.29, 0.717) is 22.2 Å². The first kappa shape index (κ1) is 18.6. The van der Waals surface area contributed by atoms with Crippen molar-refractivity contribution in [3.63, 3.8) is 0 Å². The van der Waals surface area contributed by atoms with Crippen molar-refractivity contribution in [2.75, 3.05) is 13.1 Å². The Morgan fingerprint density at radius 2 is 1.65 bits per heavy atom. The number of Topliss-reactive ketones (excluding diaryl/α,β-unsaturated/α-hetero) is 1. The van der Waals surface area contributed by atoms with Gasteiger partial charge in [-0.15, -0.1) is 0 Å². The van der Waals surface area contributed by atoms with Crippen LogP contribution in [0.1, 0.15) is 33.6 Å². The molecule has 1 amide bonds.